The first-order valence-corrected chi connectivity index (χ1v) is 9.84. The molecule has 0 unspecified atom stereocenters. The molecule has 7 heteroatoms. The van der Waals surface area contributed by atoms with Gasteiger partial charge in [-0.2, -0.15) is 0 Å². The summed E-state index contributed by atoms with van der Waals surface area (Å²) in [6.45, 7) is 3.75. The van der Waals surface area contributed by atoms with Crippen LogP contribution in [0.4, 0.5) is 0 Å². The number of oxime groups is 1. The van der Waals surface area contributed by atoms with Crippen LogP contribution in [0.1, 0.15) is 46.3 Å². The first-order valence-electron chi connectivity index (χ1n) is 9.47. The second-order valence-corrected chi connectivity index (χ2v) is 7.04. The van der Waals surface area contributed by atoms with Gasteiger partial charge in [0.1, 0.15) is 0 Å². The Morgan fingerprint density at radius 1 is 1.17 bits per heavy atom. The lowest BCUT2D eigenvalue weighted by Crippen LogP contribution is -2.15. The SMILES string of the molecule is COC(=O)CO/N=C1/C=C/CC/C=C/CCOC(=O)c2c(C)cc(C)c(Cl)c2C1. The molecule has 1 aromatic rings. The quantitative estimate of drug-likeness (QED) is 0.409. The van der Waals surface area contributed by atoms with Crippen LogP contribution in [-0.4, -0.2) is 38.0 Å². The maximum atomic E-state index is 12.8. The molecule has 0 radical (unpaired) electrons. The van der Waals surface area contributed by atoms with Gasteiger partial charge < -0.3 is 14.3 Å². The Hall–Kier alpha value is -2.60. The second kappa shape index (κ2) is 11.4. The first-order chi connectivity index (χ1) is 13.9. The number of carbonyl (C=O) groups is 2. The van der Waals surface area contributed by atoms with Crippen LogP contribution in [0.2, 0.25) is 5.02 Å². The van der Waals surface area contributed by atoms with Gasteiger partial charge in [0.15, 0.2) is 0 Å². The average molecular weight is 420 g/mol. The van der Waals surface area contributed by atoms with Gasteiger partial charge in [0.05, 0.1) is 25.0 Å². The summed E-state index contributed by atoms with van der Waals surface area (Å²) >= 11 is 6.56. The van der Waals surface area contributed by atoms with Crippen molar-refractivity contribution in [3.05, 3.63) is 57.6 Å². The molecule has 2 rings (SSSR count). The zero-order chi connectivity index (χ0) is 21.2. The van der Waals surface area contributed by atoms with Crippen molar-refractivity contribution in [3.63, 3.8) is 0 Å². The Bertz CT molecular complexity index is 842. The highest BCUT2D eigenvalue weighted by Crippen LogP contribution is 2.29. The lowest BCUT2D eigenvalue weighted by molar-refractivity contribution is -0.145. The summed E-state index contributed by atoms with van der Waals surface area (Å²) in [7, 11) is 1.28. The zero-order valence-corrected chi connectivity index (χ0v) is 17.8. The van der Waals surface area contributed by atoms with Gasteiger partial charge in [0.25, 0.3) is 0 Å². The van der Waals surface area contributed by atoms with Gasteiger partial charge in [-0.05, 0) is 55.9 Å². The van der Waals surface area contributed by atoms with E-state index in [1.165, 1.54) is 7.11 Å². The van der Waals surface area contributed by atoms with E-state index in [2.05, 4.69) is 9.89 Å². The van der Waals surface area contributed by atoms with Crippen LogP contribution in [-0.2, 0) is 25.5 Å². The molecular formula is C22H26ClNO5. The first kappa shape index (κ1) is 22.7. The molecule has 156 valence electrons. The molecule has 0 aliphatic carbocycles. The summed E-state index contributed by atoms with van der Waals surface area (Å²) in [4.78, 5) is 29.2. The van der Waals surface area contributed by atoms with Crippen LogP contribution >= 0.6 is 11.6 Å². The number of hydrogen-bond acceptors (Lipinski definition) is 6. The Morgan fingerprint density at radius 2 is 1.90 bits per heavy atom. The van der Waals surface area contributed by atoms with E-state index in [0.29, 0.717) is 34.9 Å². The summed E-state index contributed by atoms with van der Waals surface area (Å²) in [6.07, 6.45) is 10.4. The summed E-state index contributed by atoms with van der Waals surface area (Å²) in [5, 5.41) is 4.56. The van der Waals surface area contributed by atoms with E-state index in [1.54, 1.807) is 0 Å². The Labute approximate surface area is 176 Å². The normalized spacial score (nSPS) is 18.9. The fourth-order valence-corrected chi connectivity index (χ4v) is 3.18. The molecule has 1 heterocycles. The number of allylic oxidation sites excluding steroid dienone is 3. The molecule has 6 nitrogen and oxygen atoms in total. The molecule has 1 aliphatic rings. The van der Waals surface area contributed by atoms with Crippen LogP contribution in [0.5, 0.6) is 0 Å². The third kappa shape index (κ3) is 6.75. The van der Waals surface area contributed by atoms with Crippen LogP contribution in [0.25, 0.3) is 0 Å². The van der Waals surface area contributed by atoms with E-state index in [0.717, 1.165) is 24.0 Å². The van der Waals surface area contributed by atoms with Gasteiger partial charge in [-0.1, -0.05) is 41.1 Å². The standard InChI is InChI=1S/C22H26ClNO5/c1-15-12-16(2)21(23)18-13-17(24-29-14-19(25)27-3)10-8-6-4-5-7-9-11-28-22(26)20(15)18/h5,7-8,10,12H,4,6,9,11,13-14H2,1-3H3/b7-5+,10-8+,24-17-. The number of ether oxygens (including phenoxy) is 2. The number of nitrogens with zero attached hydrogens (tertiary/aromatic N) is 1. The number of rotatable bonds is 3. The molecule has 0 fully saturated rings. The summed E-state index contributed by atoms with van der Waals surface area (Å²) < 4.78 is 10.0. The van der Waals surface area contributed by atoms with Crippen molar-refractivity contribution in [2.75, 3.05) is 20.3 Å². The number of benzene rings is 1. The number of hydrogen-bond donors (Lipinski definition) is 0. The highest BCUT2D eigenvalue weighted by Gasteiger charge is 2.21. The predicted molar refractivity (Wildman–Crippen MR) is 112 cm³/mol. The number of esters is 2. The van der Waals surface area contributed by atoms with E-state index in [4.69, 9.17) is 21.2 Å². The highest BCUT2D eigenvalue weighted by atomic mass is 35.5. The van der Waals surface area contributed by atoms with E-state index >= 15 is 0 Å². The molecule has 1 aromatic carbocycles. The van der Waals surface area contributed by atoms with Gasteiger partial charge in [0, 0.05) is 11.4 Å². The number of carbonyl (C=O) groups excluding carboxylic acids is 2. The van der Waals surface area contributed by atoms with E-state index in [-0.39, 0.29) is 13.0 Å². The number of aryl methyl sites for hydroxylation is 2. The van der Waals surface area contributed by atoms with E-state index in [9.17, 15) is 9.59 Å². The van der Waals surface area contributed by atoms with Gasteiger partial charge in [-0.3, -0.25) is 0 Å². The van der Waals surface area contributed by atoms with Crippen molar-refractivity contribution in [2.45, 2.75) is 39.5 Å². The predicted octanol–water partition coefficient (Wildman–Crippen LogP) is 4.50. The second-order valence-electron chi connectivity index (χ2n) is 6.66. The Balaban J connectivity index is 2.45. The third-order valence-electron chi connectivity index (χ3n) is 4.39. The number of cyclic esters (lactones) is 1. The van der Waals surface area contributed by atoms with Gasteiger partial charge >= 0.3 is 11.9 Å². The minimum atomic E-state index is -0.530. The zero-order valence-electron chi connectivity index (χ0n) is 17.0. The van der Waals surface area contributed by atoms with Crippen molar-refractivity contribution >= 4 is 29.3 Å². The molecule has 0 saturated heterocycles. The minimum absolute atomic E-state index is 0.263. The molecule has 0 N–H and O–H groups in total. The fourth-order valence-electron chi connectivity index (χ4n) is 2.97. The highest BCUT2D eigenvalue weighted by molar-refractivity contribution is 6.33. The number of fused-ring (bicyclic) bond motifs is 1. The monoisotopic (exact) mass is 419 g/mol. The molecule has 0 atom stereocenters. The summed E-state index contributed by atoms with van der Waals surface area (Å²) in [5.74, 6) is -0.943. The van der Waals surface area contributed by atoms with Crippen molar-refractivity contribution < 1.29 is 23.9 Å². The fraction of sp³-hybridized carbons (Fsp3) is 0.409. The minimum Gasteiger partial charge on any atom is -0.466 e. The van der Waals surface area contributed by atoms with Crippen molar-refractivity contribution in [1.82, 2.24) is 0 Å². The lowest BCUT2D eigenvalue weighted by atomic mass is 9.94. The summed E-state index contributed by atoms with van der Waals surface area (Å²) in [6, 6.07) is 1.87. The topological polar surface area (TPSA) is 74.2 Å². The third-order valence-corrected chi connectivity index (χ3v) is 4.91. The Kier molecular flexibility index (Phi) is 8.93. The molecule has 0 aromatic heterocycles. The van der Waals surface area contributed by atoms with Crippen LogP contribution < -0.4 is 0 Å². The molecule has 0 spiro atoms. The Morgan fingerprint density at radius 3 is 2.66 bits per heavy atom. The van der Waals surface area contributed by atoms with E-state index in [1.807, 2.05) is 44.2 Å². The van der Waals surface area contributed by atoms with Gasteiger partial charge in [-0.25, -0.2) is 9.59 Å². The van der Waals surface area contributed by atoms with Crippen molar-refractivity contribution in [1.29, 1.82) is 0 Å². The maximum Gasteiger partial charge on any atom is 0.346 e. The molecule has 0 amide bonds. The van der Waals surface area contributed by atoms with Gasteiger partial charge in [0.2, 0.25) is 6.61 Å². The van der Waals surface area contributed by atoms with E-state index < -0.39 is 11.9 Å². The maximum absolute atomic E-state index is 12.8. The molecular weight excluding hydrogens is 394 g/mol. The molecule has 0 bridgehead atoms. The molecule has 1 aliphatic heterocycles. The lowest BCUT2D eigenvalue weighted by Gasteiger charge is -2.16. The van der Waals surface area contributed by atoms with Crippen molar-refractivity contribution in [2.24, 2.45) is 5.16 Å². The van der Waals surface area contributed by atoms with Gasteiger partial charge in [-0.15, -0.1) is 0 Å². The summed E-state index contributed by atoms with van der Waals surface area (Å²) in [5.41, 5.74) is 3.25. The van der Waals surface area contributed by atoms with Crippen LogP contribution in [0.15, 0.2) is 35.5 Å². The van der Waals surface area contributed by atoms with Crippen LogP contribution in [0, 0.1) is 13.8 Å². The number of halogens is 1. The van der Waals surface area contributed by atoms with Crippen molar-refractivity contribution in [3.8, 4) is 0 Å². The smallest absolute Gasteiger partial charge is 0.346 e. The number of methoxy groups -OCH3 is 1. The average Bonchev–Trinajstić information content (AvgIpc) is 2.69. The molecule has 29 heavy (non-hydrogen) atoms. The largest absolute Gasteiger partial charge is 0.466 e. The van der Waals surface area contributed by atoms with Crippen LogP contribution in [0.3, 0.4) is 0 Å². The molecule has 0 saturated carbocycles.